The van der Waals surface area contributed by atoms with Crippen LogP contribution in [-0.4, -0.2) is 10.2 Å². The molecule has 2 N–H and O–H groups in total. The van der Waals surface area contributed by atoms with E-state index in [0.717, 1.165) is 6.07 Å². The van der Waals surface area contributed by atoms with Gasteiger partial charge in [0.1, 0.15) is 0 Å². The Morgan fingerprint density at radius 2 is 1.94 bits per heavy atom. The Balaban J connectivity index is 2.42. The fraction of sp³-hybridized carbons (Fsp3) is 0.0909. The minimum absolute atomic E-state index is 0.105. The van der Waals surface area contributed by atoms with E-state index in [2.05, 4.69) is 10.2 Å². The van der Waals surface area contributed by atoms with E-state index in [0.29, 0.717) is 5.56 Å². The molecule has 5 heteroatoms. The highest BCUT2D eigenvalue weighted by Crippen LogP contribution is 2.22. The third-order valence-electron chi connectivity index (χ3n) is 2.28. The number of nitrogens with zero attached hydrogens (tertiary/aromatic N) is 2. The van der Waals surface area contributed by atoms with Crippen LogP contribution in [0.5, 0.6) is 0 Å². The fourth-order valence-electron chi connectivity index (χ4n) is 1.43. The molecule has 0 amide bonds. The summed E-state index contributed by atoms with van der Waals surface area (Å²) in [7, 11) is 0. The van der Waals surface area contributed by atoms with Crippen molar-refractivity contribution in [2.45, 2.75) is 6.04 Å². The van der Waals surface area contributed by atoms with E-state index in [1.165, 1.54) is 24.5 Å². The van der Waals surface area contributed by atoms with Gasteiger partial charge in [0.2, 0.25) is 0 Å². The third kappa shape index (κ3) is 1.90. The molecule has 0 radical (unpaired) electrons. The van der Waals surface area contributed by atoms with E-state index in [1.807, 2.05) is 0 Å². The lowest BCUT2D eigenvalue weighted by atomic mass is 10.0. The number of halogens is 2. The molecule has 1 atom stereocenters. The van der Waals surface area contributed by atoms with Crippen molar-refractivity contribution in [1.29, 1.82) is 0 Å². The molecule has 1 aromatic carbocycles. The molecule has 0 spiro atoms. The van der Waals surface area contributed by atoms with Gasteiger partial charge in [0, 0.05) is 11.8 Å². The smallest absolute Gasteiger partial charge is 0.163 e. The second-order valence-corrected chi connectivity index (χ2v) is 3.30. The number of rotatable bonds is 2. The maximum Gasteiger partial charge on any atom is 0.163 e. The van der Waals surface area contributed by atoms with Gasteiger partial charge in [-0.25, -0.2) is 8.78 Å². The van der Waals surface area contributed by atoms with Crippen LogP contribution in [0.2, 0.25) is 0 Å². The third-order valence-corrected chi connectivity index (χ3v) is 2.28. The summed E-state index contributed by atoms with van der Waals surface area (Å²) < 4.78 is 26.4. The van der Waals surface area contributed by atoms with Gasteiger partial charge in [0.15, 0.2) is 11.6 Å². The zero-order valence-corrected chi connectivity index (χ0v) is 8.27. The van der Waals surface area contributed by atoms with Crippen molar-refractivity contribution in [2.75, 3.05) is 0 Å². The summed E-state index contributed by atoms with van der Waals surface area (Å²) in [6.45, 7) is 0. The van der Waals surface area contributed by atoms with E-state index < -0.39 is 17.7 Å². The van der Waals surface area contributed by atoms with Gasteiger partial charge < -0.3 is 5.73 Å². The first kappa shape index (κ1) is 10.6. The summed E-state index contributed by atoms with van der Waals surface area (Å²) in [6, 6.07) is 4.79. The molecule has 16 heavy (non-hydrogen) atoms. The highest BCUT2D eigenvalue weighted by atomic mass is 19.2. The SMILES string of the molecule is NC(c1ccnnc1)c1cccc(F)c1F. The highest BCUT2D eigenvalue weighted by molar-refractivity contribution is 5.30. The first-order chi connectivity index (χ1) is 7.70. The van der Waals surface area contributed by atoms with Gasteiger partial charge >= 0.3 is 0 Å². The highest BCUT2D eigenvalue weighted by Gasteiger charge is 2.16. The van der Waals surface area contributed by atoms with Crippen molar-refractivity contribution in [3.05, 3.63) is 59.4 Å². The fourth-order valence-corrected chi connectivity index (χ4v) is 1.43. The van der Waals surface area contributed by atoms with Crippen LogP contribution in [0.1, 0.15) is 17.2 Å². The van der Waals surface area contributed by atoms with Crippen molar-refractivity contribution in [3.63, 3.8) is 0 Å². The minimum Gasteiger partial charge on any atom is -0.320 e. The number of benzene rings is 1. The van der Waals surface area contributed by atoms with E-state index in [9.17, 15) is 8.78 Å². The molecule has 1 heterocycles. The van der Waals surface area contributed by atoms with Crippen molar-refractivity contribution in [1.82, 2.24) is 10.2 Å². The number of nitrogens with two attached hydrogens (primary N) is 1. The molecule has 1 aromatic heterocycles. The molecular formula is C11H9F2N3. The Hall–Kier alpha value is -1.88. The molecule has 0 aliphatic carbocycles. The molecular weight excluding hydrogens is 212 g/mol. The first-order valence-corrected chi connectivity index (χ1v) is 4.66. The molecule has 0 saturated heterocycles. The van der Waals surface area contributed by atoms with Crippen LogP contribution in [0.25, 0.3) is 0 Å². The Bertz CT molecular complexity index is 488. The summed E-state index contributed by atoms with van der Waals surface area (Å²) in [4.78, 5) is 0. The zero-order valence-electron chi connectivity index (χ0n) is 8.27. The van der Waals surface area contributed by atoms with Gasteiger partial charge in [-0.05, 0) is 17.7 Å². The first-order valence-electron chi connectivity index (χ1n) is 4.66. The maximum absolute atomic E-state index is 13.4. The molecule has 0 saturated carbocycles. The second-order valence-electron chi connectivity index (χ2n) is 3.30. The van der Waals surface area contributed by atoms with E-state index >= 15 is 0 Å². The predicted molar refractivity (Wildman–Crippen MR) is 54.4 cm³/mol. The summed E-state index contributed by atoms with van der Waals surface area (Å²) in [5, 5.41) is 7.23. The largest absolute Gasteiger partial charge is 0.320 e. The monoisotopic (exact) mass is 221 g/mol. The Morgan fingerprint density at radius 1 is 1.12 bits per heavy atom. The van der Waals surface area contributed by atoms with E-state index in [1.54, 1.807) is 6.07 Å². The van der Waals surface area contributed by atoms with E-state index in [-0.39, 0.29) is 5.56 Å². The van der Waals surface area contributed by atoms with Crippen LogP contribution in [0, 0.1) is 11.6 Å². The van der Waals surface area contributed by atoms with Crippen LogP contribution in [0.4, 0.5) is 8.78 Å². The molecule has 1 unspecified atom stereocenters. The van der Waals surface area contributed by atoms with Gasteiger partial charge in [0.05, 0.1) is 12.2 Å². The average Bonchev–Trinajstić information content (AvgIpc) is 2.33. The Kier molecular flexibility index (Phi) is 2.87. The zero-order chi connectivity index (χ0) is 11.5. The summed E-state index contributed by atoms with van der Waals surface area (Å²) in [6.07, 6.45) is 2.88. The van der Waals surface area contributed by atoms with Crippen LogP contribution in [0.15, 0.2) is 36.7 Å². The van der Waals surface area contributed by atoms with E-state index in [4.69, 9.17) is 5.73 Å². The molecule has 0 aliphatic rings. The standard InChI is InChI=1S/C11H9F2N3/c12-9-3-1-2-8(10(9)13)11(14)7-4-5-15-16-6-7/h1-6,11H,14H2. The predicted octanol–water partition coefficient (Wildman–Crippen LogP) is 1.80. The minimum atomic E-state index is -0.924. The molecule has 2 rings (SSSR count). The van der Waals surface area contributed by atoms with Gasteiger partial charge in [-0.3, -0.25) is 0 Å². The summed E-state index contributed by atoms with van der Waals surface area (Å²) in [5.41, 5.74) is 6.50. The second kappa shape index (κ2) is 4.32. The molecule has 3 nitrogen and oxygen atoms in total. The normalized spacial score (nSPS) is 12.4. The van der Waals surface area contributed by atoms with Gasteiger partial charge in [-0.1, -0.05) is 12.1 Å². The van der Waals surface area contributed by atoms with Crippen LogP contribution < -0.4 is 5.73 Å². The maximum atomic E-state index is 13.4. The lowest BCUT2D eigenvalue weighted by Crippen LogP contribution is -2.14. The van der Waals surface area contributed by atoms with Crippen molar-refractivity contribution in [2.24, 2.45) is 5.73 Å². The topological polar surface area (TPSA) is 51.8 Å². The number of hydrogen-bond donors (Lipinski definition) is 1. The van der Waals surface area contributed by atoms with Gasteiger partial charge in [-0.15, -0.1) is 0 Å². The lowest BCUT2D eigenvalue weighted by molar-refractivity contribution is 0.494. The van der Waals surface area contributed by atoms with Crippen LogP contribution >= 0.6 is 0 Å². The Morgan fingerprint density at radius 3 is 2.62 bits per heavy atom. The molecule has 0 bridgehead atoms. The summed E-state index contributed by atoms with van der Waals surface area (Å²) in [5.74, 6) is -1.83. The molecule has 2 aromatic rings. The molecule has 0 aliphatic heterocycles. The lowest BCUT2D eigenvalue weighted by Gasteiger charge is -2.12. The number of aromatic nitrogens is 2. The van der Waals surface area contributed by atoms with Gasteiger partial charge in [0.25, 0.3) is 0 Å². The van der Waals surface area contributed by atoms with Crippen LogP contribution in [-0.2, 0) is 0 Å². The quantitative estimate of drug-likeness (QED) is 0.841. The van der Waals surface area contributed by atoms with Crippen molar-refractivity contribution < 1.29 is 8.78 Å². The van der Waals surface area contributed by atoms with Crippen molar-refractivity contribution in [3.8, 4) is 0 Å². The Labute approximate surface area is 90.9 Å². The average molecular weight is 221 g/mol. The van der Waals surface area contributed by atoms with Crippen LogP contribution in [0.3, 0.4) is 0 Å². The molecule has 0 fully saturated rings. The summed E-state index contributed by atoms with van der Waals surface area (Å²) >= 11 is 0. The number of hydrogen-bond acceptors (Lipinski definition) is 3. The van der Waals surface area contributed by atoms with Gasteiger partial charge in [-0.2, -0.15) is 10.2 Å². The molecule has 82 valence electrons. The van der Waals surface area contributed by atoms with Crippen molar-refractivity contribution >= 4 is 0 Å².